The molecule has 25 heavy (non-hydrogen) atoms. The molecule has 0 aliphatic rings. The van der Waals surface area contributed by atoms with Crippen LogP contribution in [-0.4, -0.2) is 5.91 Å². The van der Waals surface area contributed by atoms with E-state index in [2.05, 4.69) is 5.32 Å². The van der Waals surface area contributed by atoms with Gasteiger partial charge in [-0.3, -0.25) is 4.79 Å². The van der Waals surface area contributed by atoms with E-state index in [1.54, 1.807) is 23.1 Å². The molecular formula is C20H18ClNOS2. The van der Waals surface area contributed by atoms with Crippen LogP contribution in [0, 0.1) is 0 Å². The Morgan fingerprint density at radius 3 is 2.48 bits per heavy atom. The minimum Gasteiger partial charge on any atom is -0.345 e. The molecule has 0 aliphatic heterocycles. The van der Waals surface area contributed by atoms with Gasteiger partial charge in [-0.15, -0.1) is 23.1 Å². The van der Waals surface area contributed by atoms with E-state index in [1.165, 1.54) is 10.5 Å². The minimum atomic E-state index is -0.0437. The quantitative estimate of drug-likeness (QED) is 0.511. The molecule has 5 heteroatoms. The molecule has 3 rings (SSSR count). The lowest BCUT2D eigenvalue weighted by molar-refractivity contribution is 0.0940. The number of carbonyl (C=O) groups is 1. The first-order valence-electron chi connectivity index (χ1n) is 7.93. The summed E-state index contributed by atoms with van der Waals surface area (Å²) >= 11 is 9.30. The normalized spacial score (nSPS) is 11.9. The van der Waals surface area contributed by atoms with Crippen molar-refractivity contribution in [1.29, 1.82) is 0 Å². The number of hydrogen-bond acceptors (Lipinski definition) is 3. The van der Waals surface area contributed by atoms with E-state index in [1.807, 2.05) is 73.0 Å². The highest BCUT2D eigenvalue weighted by molar-refractivity contribution is 7.98. The highest BCUT2D eigenvalue weighted by atomic mass is 35.5. The van der Waals surface area contributed by atoms with Crippen LogP contribution in [-0.2, 0) is 5.75 Å². The minimum absolute atomic E-state index is 0.0210. The van der Waals surface area contributed by atoms with Gasteiger partial charge in [0.15, 0.2) is 0 Å². The van der Waals surface area contributed by atoms with Crippen molar-refractivity contribution in [3.8, 4) is 0 Å². The van der Waals surface area contributed by atoms with Gasteiger partial charge in [-0.1, -0.05) is 29.8 Å². The number of carbonyl (C=O) groups excluding carboxylic acids is 1. The molecule has 1 atom stereocenters. The molecule has 0 aliphatic carbocycles. The van der Waals surface area contributed by atoms with Crippen molar-refractivity contribution in [1.82, 2.24) is 5.32 Å². The second kappa shape index (κ2) is 8.56. The van der Waals surface area contributed by atoms with Crippen molar-refractivity contribution in [2.75, 3.05) is 0 Å². The molecule has 0 saturated carbocycles. The third kappa shape index (κ3) is 5.11. The molecule has 0 spiro atoms. The first-order chi connectivity index (χ1) is 12.1. The van der Waals surface area contributed by atoms with Crippen LogP contribution in [0.4, 0.5) is 0 Å². The summed E-state index contributed by atoms with van der Waals surface area (Å²) in [5.41, 5.74) is 1.87. The van der Waals surface area contributed by atoms with Gasteiger partial charge in [-0.05, 0) is 60.3 Å². The number of hydrogen-bond donors (Lipinski definition) is 1. The van der Waals surface area contributed by atoms with E-state index in [-0.39, 0.29) is 11.9 Å². The zero-order valence-electron chi connectivity index (χ0n) is 13.7. The van der Waals surface area contributed by atoms with E-state index in [0.717, 1.165) is 15.7 Å². The number of nitrogens with one attached hydrogen (secondary N) is 1. The summed E-state index contributed by atoms with van der Waals surface area (Å²) in [5, 5.41) is 5.80. The molecule has 1 N–H and O–H groups in total. The summed E-state index contributed by atoms with van der Waals surface area (Å²) in [5.74, 6) is 0.813. The van der Waals surface area contributed by atoms with Gasteiger partial charge in [0.1, 0.15) is 0 Å². The Bertz CT molecular complexity index is 814. The predicted molar refractivity (Wildman–Crippen MR) is 108 cm³/mol. The van der Waals surface area contributed by atoms with Crippen molar-refractivity contribution in [2.24, 2.45) is 0 Å². The molecule has 3 aromatic rings. The maximum absolute atomic E-state index is 12.3. The molecule has 0 fully saturated rings. The van der Waals surface area contributed by atoms with Gasteiger partial charge in [0.25, 0.3) is 5.91 Å². The third-order valence-corrected chi connectivity index (χ3v) is 6.14. The number of thioether (sulfide) groups is 1. The van der Waals surface area contributed by atoms with Crippen LogP contribution in [0.25, 0.3) is 0 Å². The zero-order valence-corrected chi connectivity index (χ0v) is 16.1. The lowest BCUT2D eigenvalue weighted by Gasteiger charge is -2.12. The average molecular weight is 388 g/mol. The predicted octanol–water partition coefficient (Wildman–Crippen LogP) is 6.18. The first kappa shape index (κ1) is 18.1. The summed E-state index contributed by atoms with van der Waals surface area (Å²) in [4.78, 5) is 14.7. The van der Waals surface area contributed by atoms with Crippen LogP contribution < -0.4 is 5.32 Å². The third-order valence-electron chi connectivity index (χ3n) is 3.75. The fourth-order valence-corrected chi connectivity index (χ4v) is 4.05. The summed E-state index contributed by atoms with van der Waals surface area (Å²) in [6.07, 6.45) is 0. The Hall–Kier alpha value is -1.75. The highest BCUT2D eigenvalue weighted by Crippen LogP contribution is 2.24. The van der Waals surface area contributed by atoms with Crippen LogP contribution in [0.5, 0.6) is 0 Å². The average Bonchev–Trinajstić information content (AvgIpc) is 3.16. The largest absolute Gasteiger partial charge is 0.345 e. The van der Waals surface area contributed by atoms with Gasteiger partial charge < -0.3 is 5.32 Å². The molecule has 0 radical (unpaired) electrons. The molecule has 1 aromatic heterocycles. The Morgan fingerprint density at radius 2 is 1.84 bits per heavy atom. The molecule has 2 aromatic carbocycles. The van der Waals surface area contributed by atoms with Crippen molar-refractivity contribution in [3.63, 3.8) is 0 Å². The van der Waals surface area contributed by atoms with Crippen molar-refractivity contribution in [2.45, 2.75) is 23.6 Å². The van der Waals surface area contributed by atoms with Crippen molar-refractivity contribution >= 4 is 40.6 Å². The lowest BCUT2D eigenvalue weighted by Crippen LogP contribution is -2.26. The maximum Gasteiger partial charge on any atom is 0.251 e. The van der Waals surface area contributed by atoms with Gasteiger partial charge in [0.05, 0.1) is 6.04 Å². The molecular weight excluding hydrogens is 370 g/mol. The smallest absolute Gasteiger partial charge is 0.251 e. The Labute approximate surface area is 161 Å². The monoisotopic (exact) mass is 387 g/mol. The number of benzene rings is 2. The van der Waals surface area contributed by atoms with Gasteiger partial charge in [0.2, 0.25) is 0 Å². The van der Waals surface area contributed by atoms with Crippen LogP contribution >= 0.6 is 34.7 Å². The topological polar surface area (TPSA) is 29.1 Å². The van der Waals surface area contributed by atoms with Crippen LogP contribution in [0.2, 0.25) is 5.02 Å². The number of halogens is 1. The van der Waals surface area contributed by atoms with E-state index < -0.39 is 0 Å². The Kier molecular flexibility index (Phi) is 6.19. The Morgan fingerprint density at radius 1 is 1.12 bits per heavy atom. The fourth-order valence-electron chi connectivity index (χ4n) is 2.34. The van der Waals surface area contributed by atoms with Gasteiger partial charge in [-0.2, -0.15) is 0 Å². The lowest BCUT2D eigenvalue weighted by atomic mass is 10.1. The molecule has 0 unspecified atom stereocenters. The standard InChI is InChI=1S/C20H18ClNOS2/c1-14(19-3-2-12-24-19)22-20(23)16-6-4-15(5-7-16)13-25-18-10-8-17(21)9-11-18/h2-12,14H,13H2,1H3,(H,22,23)/t14-/m0/s1. The molecule has 0 bridgehead atoms. The highest BCUT2D eigenvalue weighted by Gasteiger charge is 2.12. The van der Waals surface area contributed by atoms with Crippen LogP contribution in [0.15, 0.2) is 70.9 Å². The van der Waals surface area contributed by atoms with Crippen LogP contribution in [0.3, 0.4) is 0 Å². The molecule has 1 heterocycles. The fraction of sp³-hybridized carbons (Fsp3) is 0.150. The molecule has 2 nitrogen and oxygen atoms in total. The van der Waals surface area contributed by atoms with E-state index in [9.17, 15) is 4.79 Å². The second-order valence-electron chi connectivity index (χ2n) is 5.65. The van der Waals surface area contributed by atoms with Gasteiger partial charge in [-0.25, -0.2) is 0 Å². The maximum atomic E-state index is 12.3. The van der Waals surface area contributed by atoms with Gasteiger partial charge >= 0.3 is 0 Å². The van der Waals surface area contributed by atoms with E-state index in [0.29, 0.717) is 5.56 Å². The molecule has 1 amide bonds. The molecule has 0 saturated heterocycles. The number of rotatable bonds is 6. The number of thiophene rings is 1. The summed E-state index contributed by atoms with van der Waals surface area (Å²) < 4.78 is 0. The first-order valence-corrected chi connectivity index (χ1v) is 10.2. The van der Waals surface area contributed by atoms with Crippen molar-refractivity contribution < 1.29 is 4.79 Å². The molecule has 128 valence electrons. The second-order valence-corrected chi connectivity index (χ2v) is 8.11. The summed E-state index contributed by atoms with van der Waals surface area (Å²) in [6.45, 7) is 2.00. The van der Waals surface area contributed by atoms with E-state index in [4.69, 9.17) is 11.6 Å². The van der Waals surface area contributed by atoms with Crippen molar-refractivity contribution in [3.05, 3.63) is 87.1 Å². The number of amides is 1. The zero-order chi connectivity index (χ0) is 17.6. The van der Waals surface area contributed by atoms with Crippen LogP contribution in [0.1, 0.15) is 33.8 Å². The van der Waals surface area contributed by atoms with E-state index >= 15 is 0 Å². The SMILES string of the molecule is C[C@H](NC(=O)c1ccc(CSc2ccc(Cl)cc2)cc1)c1cccs1. The summed E-state index contributed by atoms with van der Waals surface area (Å²) in [6, 6.07) is 19.7. The van der Waals surface area contributed by atoms with Gasteiger partial charge in [0, 0.05) is 26.1 Å². The summed E-state index contributed by atoms with van der Waals surface area (Å²) in [7, 11) is 0. The Balaban J connectivity index is 1.56.